The van der Waals surface area contributed by atoms with Crippen molar-refractivity contribution in [3.63, 3.8) is 0 Å². The molecule has 0 amide bonds. The molecule has 0 bridgehead atoms. The van der Waals surface area contributed by atoms with Crippen LogP contribution in [0.1, 0.15) is 11.1 Å². The Morgan fingerprint density at radius 3 is 1.50 bits per heavy atom. The maximum absolute atomic E-state index is 12.2. The number of aliphatic hydroxyl groups is 2. The summed E-state index contributed by atoms with van der Waals surface area (Å²) in [6.45, 7) is 0. The lowest BCUT2D eigenvalue weighted by Gasteiger charge is -2.28. The maximum Gasteiger partial charge on any atom is 0.347 e. The number of hydrogen-bond donors (Lipinski definition) is 8. The highest BCUT2D eigenvalue weighted by Crippen LogP contribution is 2.26. The van der Waals surface area contributed by atoms with Crippen LogP contribution in [0.15, 0.2) is 48.6 Å². The fraction of sp³-hybridized carbons (Fsp3) is 0.167. The number of phenols is 4. The van der Waals surface area contributed by atoms with Crippen LogP contribution in [0.2, 0.25) is 0 Å². The molecule has 0 unspecified atom stereocenters. The summed E-state index contributed by atoms with van der Waals surface area (Å²) in [7, 11) is 0. The Bertz CT molecular complexity index is 1260. The summed E-state index contributed by atoms with van der Waals surface area (Å²) >= 11 is 0. The molecule has 4 atom stereocenters. The molecule has 0 aromatic heterocycles. The van der Waals surface area contributed by atoms with Crippen molar-refractivity contribution in [3.05, 3.63) is 59.7 Å². The Kier molecular flexibility index (Phi) is 9.78. The second-order valence-corrected chi connectivity index (χ2v) is 7.53. The predicted octanol–water partition coefficient (Wildman–Crippen LogP) is -0.0498. The van der Waals surface area contributed by atoms with Gasteiger partial charge in [0.1, 0.15) is 6.10 Å². The van der Waals surface area contributed by atoms with Gasteiger partial charge in [0.15, 0.2) is 35.2 Å². The SMILES string of the molecule is O=C(/C=C\c1ccc(O)c(O)c1)O[C@H]([C@H](O)[C@H](OC(=O)/C=C/c1ccc(O)c(O)c1)C(=O)O)[C@H](O)C(=O)O. The molecule has 2 aromatic carbocycles. The first kappa shape index (κ1) is 29.2. The molecule has 0 radical (unpaired) electrons. The fourth-order valence-corrected chi connectivity index (χ4v) is 2.85. The fourth-order valence-electron chi connectivity index (χ4n) is 2.85. The molecular weight excluding hydrogens is 512 g/mol. The second-order valence-electron chi connectivity index (χ2n) is 7.53. The first-order valence-corrected chi connectivity index (χ1v) is 10.4. The third kappa shape index (κ3) is 7.97. The third-order valence-corrected chi connectivity index (χ3v) is 4.77. The first-order valence-electron chi connectivity index (χ1n) is 10.4. The molecule has 14 heteroatoms. The van der Waals surface area contributed by atoms with Crippen LogP contribution in [0, 0.1) is 0 Å². The maximum atomic E-state index is 12.2. The van der Waals surface area contributed by atoms with Crippen LogP contribution in [0.3, 0.4) is 0 Å². The van der Waals surface area contributed by atoms with E-state index in [0.29, 0.717) is 12.2 Å². The average Bonchev–Trinajstić information content (AvgIpc) is 2.86. The topological polar surface area (TPSA) is 249 Å². The minimum atomic E-state index is -2.64. The zero-order valence-electron chi connectivity index (χ0n) is 19.1. The van der Waals surface area contributed by atoms with Crippen molar-refractivity contribution in [1.29, 1.82) is 0 Å². The normalized spacial score (nSPS) is 14.5. The molecule has 38 heavy (non-hydrogen) atoms. The van der Waals surface area contributed by atoms with Crippen LogP contribution < -0.4 is 0 Å². The number of carboxylic acid groups (broad SMARTS) is 2. The number of aliphatic hydroxyl groups excluding tert-OH is 2. The van der Waals surface area contributed by atoms with Gasteiger partial charge in [-0.3, -0.25) is 0 Å². The predicted molar refractivity (Wildman–Crippen MR) is 125 cm³/mol. The molecule has 0 aliphatic rings. The number of carboxylic acids is 2. The van der Waals surface area contributed by atoms with Crippen LogP contribution in [-0.4, -0.2) is 89.1 Å². The highest BCUT2D eigenvalue weighted by Gasteiger charge is 2.44. The number of ether oxygens (including phenoxy) is 2. The summed E-state index contributed by atoms with van der Waals surface area (Å²) < 4.78 is 9.38. The Balaban J connectivity index is 2.20. The molecule has 0 spiro atoms. The number of esters is 2. The minimum Gasteiger partial charge on any atom is -0.504 e. The lowest BCUT2D eigenvalue weighted by Crippen LogP contribution is -2.53. The highest BCUT2D eigenvalue weighted by molar-refractivity contribution is 5.90. The molecule has 0 saturated heterocycles. The molecule has 0 heterocycles. The van der Waals surface area contributed by atoms with Gasteiger partial charge in [-0.1, -0.05) is 12.1 Å². The molecule has 0 fully saturated rings. The van der Waals surface area contributed by atoms with Crippen molar-refractivity contribution in [2.24, 2.45) is 0 Å². The van der Waals surface area contributed by atoms with Gasteiger partial charge < -0.3 is 50.3 Å². The van der Waals surface area contributed by atoms with Gasteiger partial charge in [-0.25, -0.2) is 19.2 Å². The van der Waals surface area contributed by atoms with Crippen molar-refractivity contribution in [3.8, 4) is 23.0 Å². The van der Waals surface area contributed by atoms with Crippen molar-refractivity contribution >= 4 is 36.0 Å². The smallest absolute Gasteiger partial charge is 0.347 e. The van der Waals surface area contributed by atoms with Gasteiger partial charge in [-0.15, -0.1) is 0 Å². The Labute approximate surface area is 213 Å². The van der Waals surface area contributed by atoms with Gasteiger partial charge in [0.05, 0.1) is 0 Å². The monoisotopic (exact) mass is 534 g/mol. The number of rotatable bonds is 11. The van der Waals surface area contributed by atoms with Crippen LogP contribution >= 0.6 is 0 Å². The van der Waals surface area contributed by atoms with Crippen molar-refractivity contribution in [2.45, 2.75) is 24.4 Å². The quantitative estimate of drug-likeness (QED) is 0.107. The van der Waals surface area contributed by atoms with Gasteiger partial charge in [0.25, 0.3) is 0 Å². The summed E-state index contributed by atoms with van der Waals surface area (Å²) in [4.78, 5) is 47.2. The average molecular weight is 534 g/mol. The lowest BCUT2D eigenvalue weighted by atomic mass is 10.0. The minimum absolute atomic E-state index is 0.180. The van der Waals surface area contributed by atoms with Gasteiger partial charge in [0, 0.05) is 12.2 Å². The van der Waals surface area contributed by atoms with E-state index in [1.54, 1.807) is 0 Å². The van der Waals surface area contributed by atoms with E-state index < -0.39 is 71.3 Å². The highest BCUT2D eigenvalue weighted by atomic mass is 16.6. The molecule has 0 saturated carbocycles. The zero-order chi connectivity index (χ0) is 28.6. The van der Waals surface area contributed by atoms with Gasteiger partial charge in [0.2, 0.25) is 6.10 Å². The molecule has 14 nitrogen and oxygen atoms in total. The molecule has 2 rings (SSSR count). The van der Waals surface area contributed by atoms with Crippen LogP contribution in [0.5, 0.6) is 23.0 Å². The van der Waals surface area contributed by atoms with Crippen molar-refractivity contribution in [1.82, 2.24) is 0 Å². The molecular formula is C24H22O14. The number of aromatic hydroxyl groups is 4. The summed E-state index contributed by atoms with van der Waals surface area (Å²) in [6.07, 6.45) is -6.65. The van der Waals surface area contributed by atoms with Crippen molar-refractivity contribution in [2.75, 3.05) is 0 Å². The number of aliphatic carboxylic acids is 2. The van der Waals surface area contributed by atoms with E-state index in [1.165, 1.54) is 12.1 Å². The van der Waals surface area contributed by atoms with Gasteiger partial charge in [-0.2, -0.15) is 0 Å². The third-order valence-electron chi connectivity index (χ3n) is 4.77. The molecule has 0 aliphatic carbocycles. The lowest BCUT2D eigenvalue weighted by molar-refractivity contribution is -0.190. The van der Waals surface area contributed by atoms with E-state index in [-0.39, 0.29) is 11.1 Å². The van der Waals surface area contributed by atoms with E-state index in [9.17, 15) is 54.9 Å². The molecule has 0 aliphatic heterocycles. The largest absolute Gasteiger partial charge is 0.504 e. The van der Waals surface area contributed by atoms with E-state index >= 15 is 0 Å². The van der Waals surface area contributed by atoms with Crippen LogP contribution in [0.25, 0.3) is 12.2 Å². The van der Waals surface area contributed by atoms with E-state index in [1.807, 2.05) is 0 Å². The Morgan fingerprint density at radius 2 is 1.11 bits per heavy atom. The van der Waals surface area contributed by atoms with Crippen molar-refractivity contribution < 1.29 is 69.5 Å². The number of benzene rings is 2. The standard InChI is InChI=1S/C24H22O14/c25-13-5-1-11(9-15(13)27)3-7-17(29)37-21(20(32)23(33)34)19(31)22(24(35)36)38-18(30)8-4-12-2-6-14(26)16(28)10-12/h1-10,19-22,25-28,31-32H,(H,33,34)(H,35,36)/b7-3-,8-4+/t19-,20-,21+,22-/m0/s1. The second kappa shape index (κ2) is 12.8. The van der Waals surface area contributed by atoms with Crippen LogP contribution in [-0.2, 0) is 28.7 Å². The molecule has 2 aromatic rings. The van der Waals surface area contributed by atoms with Crippen LogP contribution in [0.4, 0.5) is 0 Å². The van der Waals surface area contributed by atoms with E-state index in [0.717, 1.165) is 36.4 Å². The Morgan fingerprint density at radius 1 is 0.658 bits per heavy atom. The van der Waals surface area contributed by atoms with Gasteiger partial charge >= 0.3 is 23.9 Å². The number of carbonyl (C=O) groups excluding carboxylic acids is 2. The zero-order valence-corrected chi connectivity index (χ0v) is 19.1. The number of carbonyl (C=O) groups is 4. The summed E-state index contributed by atoms with van der Waals surface area (Å²) in [5.41, 5.74) is 0.366. The number of hydrogen-bond acceptors (Lipinski definition) is 12. The summed E-state index contributed by atoms with van der Waals surface area (Å²) in [5.74, 6) is -8.60. The number of phenolic OH excluding ortho intramolecular Hbond substituents is 4. The summed E-state index contributed by atoms with van der Waals surface area (Å²) in [6, 6.07) is 6.90. The van der Waals surface area contributed by atoms with E-state index in [2.05, 4.69) is 4.74 Å². The van der Waals surface area contributed by atoms with E-state index in [4.69, 9.17) is 9.84 Å². The van der Waals surface area contributed by atoms with Gasteiger partial charge in [-0.05, 0) is 47.5 Å². The summed E-state index contributed by atoms with van der Waals surface area (Å²) in [5, 5.41) is 76.4. The first-order chi connectivity index (χ1) is 17.8. The Hall–Kier alpha value is -5.08. The molecule has 202 valence electrons. The molecule has 8 N–H and O–H groups in total.